The predicted octanol–water partition coefficient (Wildman–Crippen LogP) is 5.80. The van der Waals surface area contributed by atoms with Gasteiger partial charge in [-0.3, -0.25) is 9.36 Å². The first-order valence-corrected chi connectivity index (χ1v) is 12.0. The summed E-state index contributed by atoms with van der Waals surface area (Å²) >= 11 is 2.92. The first-order chi connectivity index (χ1) is 15.6. The van der Waals surface area contributed by atoms with Crippen molar-refractivity contribution in [3.05, 3.63) is 82.5 Å². The Hall–Kier alpha value is -3.23. The zero-order valence-corrected chi connectivity index (χ0v) is 19.2. The van der Waals surface area contributed by atoms with Crippen molar-refractivity contribution >= 4 is 33.3 Å². The van der Waals surface area contributed by atoms with Crippen LogP contribution in [0.15, 0.2) is 75.1 Å². The molecule has 5 aromatic rings. The standard InChI is InChI=1S/C24H20N4O2S2/c1-3-28-23(29)21-18(13-19(32-21)16-7-5-4-6-8-16)25-24(28)31-14-20-26-22(27-30-20)17-11-9-15(2)10-12-17/h4-13H,3,14H2,1-2H3. The second-order valence-corrected chi connectivity index (χ2v) is 9.30. The Morgan fingerprint density at radius 2 is 1.81 bits per heavy atom. The Labute approximate surface area is 193 Å². The number of thioether (sulfide) groups is 1. The number of aromatic nitrogens is 4. The SMILES string of the molecule is CCn1c(SCc2nc(-c3ccc(C)cc3)no2)nc2cc(-c3ccccc3)sc2c1=O. The number of hydrogen-bond acceptors (Lipinski definition) is 7. The van der Waals surface area contributed by atoms with Crippen molar-refractivity contribution in [2.45, 2.75) is 31.3 Å². The van der Waals surface area contributed by atoms with Crippen LogP contribution in [-0.4, -0.2) is 19.7 Å². The van der Waals surface area contributed by atoms with Crippen LogP contribution in [0.25, 0.3) is 32.0 Å². The molecule has 6 nitrogen and oxygen atoms in total. The monoisotopic (exact) mass is 460 g/mol. The van der Waals surface area contributed by atoms with Gasteiger partial charge < -0.3 is 4.52 Å². The van der Waals surface area contributed by atoms with E-state index < -0.39 is 0 Å². The molecule has 0 N–H and O–H groups in total. The average molecular weight is 461 g/mol. The molecule has 0 aliphatic rings. The lowest BCUT2D eigenvalue weighted by Gasteiger charge is -2.08. The lowest BCUT2D eigenvalue weighted by atomic mass is 10.1. The minimum absolute atomic E-state index is 0.0157. The van der Waals surface area contributed by atoms with Gasteiger partial charge in [-0.05, 0) is 25.5 Å². The van der Waals surface area contributed by atoms with Crippen molar-refractivity contribution in [3.8, 4) is 21.8 Å². The third kappa shape index (κ3) is 3.99. The van der Waals surface area contributed by atoms with Gasteiger partial charge >= 0.3 is 0 Å². The maximum absolute atomic E-state index is 13.1. The molecule has 0 spiro atoms. The molecule has 8 heteroatoms. The summed E-state index contributed by atoms with van der Waals surface area (Å²) in [5.41, 5.74) is 3.87. The summed E-state index contributed by atoms with van der Waals surface area (Å²) in [6, 6.07) is 20.0. The van der Waals surface area contributed by atoms with Crippen LogP contribution in [0, 0.1) is 6.92 Å². The van der Waals surface area contributed by atoms with E-state index in [1.807, 2.05) is 74.5 Å². The molecule has 0 atom stereocenters. The number of hydrogen-bond donors (Lipinski definition) is 0. The summed E-state index contributed by atoms with van der Waals surface area (Å²) in [5, 5.41) is 4.74. The minimum Gasteiger partial charge on any atom is -0.338 e. The molecule has 0 saturated heterocycles. The fourth-order valence-electron chi connectivity index (χ4n) is 3.38. The zero-order chi connectivity index (χ0) is 22.1. The van der Waals surface area contributed by atoms with Crippen molar-refractivity contribution in [2.75, 3.05) is 0 Å². The molecule has 0 bridgehead atoms. The smallest absolute Gasteiger partial charge is 0.272 e. The van der Waals surface area contributed by atoms with E-state index in [0.29, 0.717) is 33.9 Å². The van der Waals surface area contributed by atoms with Crippen LogP contribution in [-0.2, 0) is 12.3 Å². The van der Waals surface area contributed by atoms with Gasteiger partial charge in [0.2, 0.25) is 11.7 Å². The fraction of sp³-hybridized carbons (Fsp3) is 0.167. The van der Waals surface area contributed by atoms with Gasteiger partial charge in [-0.25, -0.2) is 4.98 Å². The quantitative estimate of drug-likeness (QED) is 0.236. The van der Waals surface area contributed by atoms with E-state index in [4.69, 9.17) is 9.51 Å². The molecule has 3 aromatic heterocycles. The molecule has 0 radical (unpaired) electrons. The molecule has 0 fully saturated rings. The largest absolute Gasteiger partial charge is 0.338 e. The molecule has 2 aromatic carbocycles. The third-order valence-corrected chi connectivity index (χ3v) is 7.20. The highest BCUT2D eigenvalue weighted by Crippen LogP contribution is 2.32. The lowest BCUT2D eigenvalue weighted by molar-refractivity contribution is 0.391. The van der Waals surface area contributed by atoms with Gasteiger partial charge in [0.1, 0.15) is 4.70 Å². The molecule has 0 unspecified atom stereocenters. The van der Waals surface area contributed by atoms with Crippen LogP contribution in [0.2, 0.25) is 0 Å². The highest BCUT2D eigenvalue weighted by Gasteiger charge is 2.16. The summed E-state index contributed by atoms with van der Waals surface area (Å²) in [4.78, 5) is 23.4. The van der Waals surface area contributed by atoms with Crippen molar-refractivity contribution in [2.24, 2.45) is 0 Å². The first-order valence-electron chi connectivity index (χ1n) is 10.2. The maximum Gasteiger partial charge on any atom is 0.272 e. The van der Waals surface area contributed by atoms with Gasteiger partial charge in [-0.1, -0.05) is 77.1 Å². The second-order valence-electron chi connectivity index (χ2n) is 7.30. The Balaban J connectivity index is 1.43. The van der Waals surface area contributed by atoms with Gasteiger partial charge in [0, 0.05) is 17.0 Å². The topological polar surface area (TPSA) is 73.8 Å². The third-order valence-electron chi connectivity index (χ3n) is 5.08. The predicted molar refractivity (Wildman–Crippen MR) is 129 cm³/mol. The van der Waals surface area contributed by atoms with Crippen LogP contribution in [0.4, 0.5) is 0 Å². The molecule has 0 amide bonds. The van der Waals surface area contributed by atoms with E-state index in [0.717, 1.165) is 21.5 Å². The van der Waals surface area contributed by atoms with Crippen LogP contribution in [0.1, 0.15) is 18.4 Å². The van der Waals surface area contributed by atoms with Crippen molar-refractivity contribution in [1.29, 1.82) is 0 Å². The maximum atomic E-state index is 13.1. The Morgan fingerprint density at radius 3 is 2.56 bits per heavy atom. The average Bonchev–Trinajstić information content (AvgIpc) is 3.46. The van der Waals surface area contributed by atoms with E-state index in [9.17, 15) is 4.79 Å². The van der Waals surface area contributed by atoms with Crippen LogP contribution < -0.4 is 5.56 Å². The van der Waals surface area contributed by atoms with Gasteiger partial charge in [0.05, 0.1) is 11.3 Å². The minimum atomic E-state index is -0.0157. The highest BCUT2D eigenvalue weighted by molar-refractivity contribution is 7.98. The van der Waals surface area contributed by atoms with Gasteiger partial charge in [0.25, 0.3) is 5.56 Å². The summed E-state index contributed by atoms with van der Waals surface area (Å²) in [5.74, 6) is 1.49. The number of thiophene rings is 1. The van der Waals surface area contributed by atoms with E-state index in [1.54, 1.807) is 4.57 Å². The van der Waals surface area contributed by atoms with Gasteiger partial charge in [-0.15, -0.1) is 11.3 Å². The van der Waals surface area contributed by atoms with E-state index in [1.165, 1.54) is 28.7 Å². The molecule has 0 aliphatic heterocycles. The first kappa shape index (κ1) is 20.7. The summed E-state index contributed by atoms with van der Waals surface area (Å²) < 4.78 is 7.81. The van der Waals surface area contributed by atoms with Gasteiger partial charge in [0.15, 0.2) is 5.16 Å². The number of rotatable bonds is 6. The Bertz CT molecular complexity index is 1440. The molecular formula is C24H20N4O2S2. The normalized spacial score (nSPS) is 11.3. The lowest BCUT2D eigenvalue weighted by Crippen LogP contribution is -2.21. The fourth-order valence-corrected chi connectivity index (χ4v) is 5.34. The van der Waals surface area contributed by atoms with Crippen molar-refractivity contribution in [3.63, 3.8) is 0 Å². The Morgan fingerprint density at radius 1 is 1.03 bits per heavy atom. The zero-order valence-electron chi connectivity index (χ0n) is 17.6. The van der Waals surface area contributed by atoms with E-state index in [2.05, 4.69) is 10.1 Å². The van der Waals surface area contributed by atoms with Crippen LogP contribution in [0.3, 0.4) is 0 Å². The van der Waals surface area contributed by atoms with Crippen molar-refractivity contribution in [1.82, 2.24) is 19.7 Å². The molecule has 5 rings (SSSR count). The van der Waals surface area contributed by atoms with Crippen LogP contribution >= 0.6 is 23.1 Å². The summed E-state index contributed by atoms with van der Waals surface area (Å²) in [6.45, 7) is 4.53. The van der Waals surface area contributed by atoms with Crippen LogP contribution in [0.5, 0.6) is 0 Å². The molecule has 3 heterocycles. The van der Waals surface area contributed by atoms with Gasteiger partial charge in [-0.2, -0.15) is 4.98 Å². The molecular weight excluding hydrogens is 440 g/mol. The Kier molecular flexibility index (Phi) is 5.63. The molecule has 32 heavy (non-hydrogen) atoms. The molecule has 0 saturated carbocycles. The molecule has 160 valence electrons. The highest BCUT2D eigenvalue weighted by atomic mass is 32.2. The molecule has 0 aliphatic carbocycles. The summed E-state index contributed by atoms with van der Waals surface area (Å²) in [6.07, 6.45) is 0. The second kappa shape index (κ2) is 8.72. The summed E-state index contributed by atoms with van der Waals surface area (Å²) in [7, 11) is 0. The number of benzene rings is 2. The van der Waals surface area contributed by atoms with E-state index in [-0.39, 0.29) is 5.56 Å². The number of nitrogens with zero attached hydrogens (tertiary/aromatic N) is 4. The number of fused-ring (bicyclic) bond motifs is 1. The van der Waals surface area contributed by atoms with Crippen molar-refractivity contribution < 1.29 is 4.52 Å². The number of aryl methyl sites for hydroxylation is 1. The van der Waals surface area contributed by atoms with E-state index >= 15 is 0 Å².